The molecule has 0 aliphatic rings. The van der Waals surface area contributed by atoms with Crippen LogP contribution in [0.2, 0.25) is 0 Å². The monoisotopic (exact) mass is 759 g/mol. The van der Waals surface area contributed by atoms with Crippen LogP contribution in [0.1, 0.15) is 107 Å². The summed E-state index contributed by atoms with van der Waals surface area (Å²) < 4.78 is 5.78. The van der Waals surface area contributed by atoms with Crippen molar-refractivity contribution in [3.63, 3.8) is 0 Å². The molecule has 53 heavy (non-hydrogen) atoms. The molecule has 2 rings (SSSR count). The lowest BCUT2D eigenvalue weighted by atomic mass is 9.93. The van der Waals surface area contributed by atoms with Crippen LogP contribution in [0.15, 0.2) is 29.6 Å². The number of carbonyl (C=O) groups is 5. The molecule has 0 spiro atoms. The zero-order valence-electron chi connectivity index (χ0n) is 32.6. The van der Waals surface area contributed by atoms with E-state index in [0.29, 0.717) is 30.0 Å². The maximum atomic E-state index is 14.1. The minimum Gasteiger partial charge on any atom is -0.481 e. The number of rotatable bonds is 23. The van der Waals surface area contributed by atoms with E-state index in [1.165, 1.54) is 7.05 Å². The molecule has 0 aliphatic carbocycles. The minimum atomic E-state index is -0.969. The van der Waals surface area contributed by atoms with Gasteiger partial charge in [0.1, 0.15) is 16.7 Å². The number of carboxylic acids is 1. The SMILES string of the molecule is CCC(C)C(NC(=O)CCCCCNC)C(=O)N(C)C(CC(OC(=O)NC)c1nc(C(=O)NC(Cc2ccc(N)cc2)CC(C)C(=O)O)cs1)C(C)C. The molecule has 1 heterocycles. The van der Waals surface area contributed by atoms with Crippen LogP contribution in [0, 0.1) is 17.8 Å². The van der Waals surface area contributed by atoms with E-state index >= 15 is 0 Å². The predicted molar refractivity (Wildman–Crippen MR) is 207 cm³/mol. The summed E-state index contributed by atoms with van der Waals surface area (Å²) in [4.78, 5) is 71.0. The van der Waals surface area contributed by atoms with E-state index in [2.05, 4.69) is 26.3 Å². The zero-order chi connectivity index (χ0) is 39.7. The summed E-state index contributed by atoms with van der Waals surface area (Å²) in [6.45, 7) is 10.3. The Morgan fingerprint density at radius 2 is 1.66 bits per heavy atom. The van der Waals surface area contributed by atoms with Crippen molar-refractivity contribution in [1.82, 2.24) is 31.2 Å². The van der Waals surface area contributed by atoms with Crippen LogP contribution < -0.4 is 27.0 Å². The third kappa shape index (κ3) is 15.0. The largest absolute Gasteiger partial charge is 0.481 e. The third-order valence-electron chi connectivity index (χ3n) is 9.54. The molecule has 15 heteroatoms. The Morgan fingerprint density at radius 1 is 0.981 bits per heavy atom. The van der Waals surface area contributed by atoms with E-state index in [-0.39, 0.29) is 42.2 Å². The molecule has 7 N–H and O–H groups in total. The highest BCUT2D eigenvalue weighted by molar-refractivity contribution is 7.09. The van der Waals surface area contributed by atoms with Gasteiger partial charge in [0, 0.05) is 50.1 Å². The first-order valence-corrected chi connectivity index (χ1v) is 19.4. The van der Waals surface area contributed by atoms with Crippen LogP contribution in [0.3, 0.4) is 0 Å². The molecule has 1 aromatic heterocycles. The number of anilines is 1. The van der Waals surface area contributed by atoms with Gasteiger partial charge in [0.15, 0.2) is 6.10 Å². The van der Waals surface area contributed by atoms with E-state index < -0.39 is 48.1 Å². The maximum Gasteiger partial charge on any atom is 0.407 e. The lowest BCUT2D eigenvalue weighted by Gasteiger charge is -2.37. The Balaban J connectivity index is 2.30. The summed E-state index contributed by atoms with van der Waals surface area (Å²) in [7, 11) is 5.03. The number of alkyl carbamates (subject to hydrolysis) is 1. The van der Waals surface area contributed by atoms with Gasteiger partial charge >= 0.3 is 12.1 Å². The van der Waals surface area contributed by atoms with E-state index in [0.717, 1.165) is 42.7 Å². The second-order valence-electron chi connectivity index (χ2n) is 14.1. The molecule has 0 saturated heterocycles. The quantitative estimate of drug-likeness (QED) is 0.0677. The molecule has 0 aliphatic heterocycles. The van der Waals surface area contributed by atoms with E-state index in [4.69, 9.17) is 10.5 Å². The van der Waals surface area contributed by atoms with Crippen molar-refractivity contribution < 1.29 is 33.8 Å². The minimum absolute atomic E-state index is 0.0757. The molecule has 0 saturated carbocycles. The highest BCUT2D eigenvalue weighted by Gasteiger charge is 2.36. The smallest absolute Gasteiger partial charge is 0.407 e. The number of nitrogen functional groups attached to an aromatic ring is 1. The molecule has 0 bridgehead atoms. The summed E-state index contributed by atoms with van der Waals surface area (Å²) in [6.07, 6.45) is 2.79. The van der Waals surface area contributed by atoms with E-state index in [1.807, 2.05) is 46.9 Å². The molecule has 2 aromatic rings. The number of nitrogens with zero attached hydrogens (tertiary/aromatic N) is 2. The number of carbonyl (C=O) groups excluding carboxylic acids is 4. The predicted octanol–water partition coefficient (Wildman–Crippen LogP) is 4.76. The van der Waals surface area contributed by atoms with Crippen molar-refractivity contribution in [2.24, 2.45) is 17.8 Å². The fourth-order valence-electron chi connectivity index (χ4n) is 6.02. The number of aromatic nitrogens is 1. The second-order valence-corrected chi connectivity index (χ2v) is 15.0. The number of unbranched alkanes of at least 4 members (excludes halogenated alkanes) is 2. The number of benzene rings is 1. The molecule has 14 nitrogen and oxygen atoms in total. The van der Waals surface area contributed by atoms with Crippen LogP contribution in [0.25, 0.3) is 0 Å². The average Bonchev–Trinajstić information content (AvgIpc) is 3.62. The molecule has 4 amide bonds. The third-order valence-corrected chi connectivity index (χ3v) is 10.5. The van der Waals surface area contributed by atoms with Crippen molar-refractivity contribution in [2.45, 2.75) is 110 Å². The number of hydrogen-bond donors (Lipinski definition) is 6. The van der Waals surface area contributed by atoms with Gasteiger partial charge in [-0.2, -0.15) is 0 Å². The fourth-order valence-corrected chi connectivity index (χ4v) is 6.86. The average molecular weight is 760 g/mol. The number of ether oxygens (including phenoxy) is 1. The van der Waals surface area contributed by atoms with Gasteiger partial charge in [0.2, 0.25) is 11.8 Å². The number of aliphatic carboxylic acids is 1. The highest BCUT2D eigenvalue weighted by atomic mass is 32.1. The number of thiazole rings is 1. The Morgan fingerprint density at radius 3 is 2.25 bits per heavy atom. The number of nitrogens with two attached hydrogens (primary N) is 1. The number of hydrogen-bond acceptors (Lipinski definition) is 10. The van der Waals surface area contributed by atoms with Crippen molar-refractivity contribution in [1.29, 1.82) is 0 Å². The summed E-state index contributed by atoms with van der Waals surface area (Å²) in [5.74, 6) is -2.76. The van der Waals surface area contributed by atoms with Crippen LogP contribution in [-0.4, -0.2) is 90.6 Å². The molecule has 1 aromatic carbocycles. The standard InChI is InChI=1S/C38H61N7O7S/c1-9-24(4)33(44-32(46)13-11-10-12-18-40-6)36(48)45(8)30(23(2)3)21-31(52-38(51)41-7)35-43-29(22-53-35)34(47)42-28(19-25(5)37(49)50)20-26-14-16-27(39)17-15-26/h14-17,22-25,28,30-31,33,40H,9-13,18-21,39H2,1-8H3,(H,41,51)(H,42,47)(H,44,46)(H,49,50). The van der Waals surface area contributed by atoms with Gasteiger partial charge in [-0.05, 0) is 68.8 Å². The molecule has 6 atom stereocenters. The number of likely N-dealkylation sites (N-methyl/N-ethyl adjacent to an activating group) is 1. The lowest BCUT2D eigenvalue weighted by Crippen LogP contribution is -2.54. The Kier molecular flexibility index (Phi) is 19.3. The van der Waals surface area contributed by atoms with Gasteiger partial charge in [-0.3, -0.25) is 19.2 Å². The first kappa shape index (κ1) is 44.9. The Bertz CT molecular complexity index is 1470. The zero-order valence-corrected chi connectivity index (χ0v) is 33.4. The Hall–Kier alpha value is -4.24. The maximum absolute atomic E-state index is 14.1. The van der Waals surface area contributed by atoms with Crippen molar-refractivity contribution >= 4 is 46.8 Å². The number of carboxylic acid groups (broad SMARTS) is 1. The molecule has 0 fully saturated rings. The fraction of sp³-hybridized carbons (Fsp3) is 0.632. The van der Waals surface area contributed by atoms with Gasteiger partial charge in [-0.15, -0.1) is 11.3 Å². The molecule has 0 radical (unpaired) electrons. The molecule has 296 valence electrons. The topological polar surface area (TPSA) is 205 Å². The van der Waals surface area contributed by atoms with E-state index in [9.17, 15) is 29.1 Å². The number of nitrogens with one attached hydrogen (secondary N) is 4. The lowest BCUT2D eigenvalue weighted by molar-refractivity contribution is -0.141. The summed E-state index contributed by atoms with van der Waals surface area (Å²) in [5.41, 5.74) is 7.40. The van der Waals surface area contributed by atoms with Crippen LogP contribution in [0.5, 0.6) is 0 Å². The normalized spacial score (nSPS) is 14.7. The van der Waals surface area contributed by atoms with Crippen molar-refractivity contribution in [2.75, 3.05) is 33.4 Å². The van der Waals surface area contributed by atoms with Crippen LogP contribution >= 0.6 is 11.3 Å². The first-order chi connectivity index (χ1) is 25.1. The van der Waals surface area contributed by atoms with Crippen molar-refractivity contribution in [3.8, 4) is 0 Å². The first-order valence-electron chi connectivity index (χ1n) is 18.5. The van der Waals surface area contributed by atoms with Crippen molar-refractivity contribution in [3.05, 3.63) is 45.9 Å². The highest BCUT2D eigenvalue weighted by Crippen LogP contribution is 2.31. The summed E-state index contributed by atoms with van der Waals surface area (Å²) >= 11 is 1.15. The number of amides is 4. The Labute approximate surface area is 318 Å². The molecular weight excluding hydrogens is 699 g/mol. The van der Waals surface area contributed by atoms with Crippen LogP contribution in [-0.2, 0) is 25.5 Å². The van der Waals surface area contributed by atoms with Gasteiger partial charge in [0.05, 0.1) is 5.92 Å². The van der Waals surface area contributed by atoms with Gasteiger partial charge in [0.25, 0.3) is 5.91 Å². The summed E-state index contributed by atoms with van der Waals surface area (Å²) in [5, 5.41) is 23.0. The van der Waals surface area contributed by atoms with Crippen LogP contribution in [0.4, 0.5) is 10.5 Å². The van der Waals surface area contributed by atoms with Gasteiger partial charge in [-0.1, -0.05) is 59.6 Å². The van der Waals surface area contributed by atoms with E-state index in [1.54, 1.807) is 36.4 Å². The summed E-state index contributed by atoms with van der Waals surface area (Å²) in [6, 6.07) is 5.50. The second kappa shape index (κ2) is 22.7. The molecular formula is C38H61N7O7S. The van der Waals surface area contributed by atoms with Gasteiger partial charge < -0.3 is 41.7 Å². The van der Waals surface area contributed by atoms with Gasteiger partial charge in [-0.25, -0.2) is 9.78 Å². The molecule has 6 unspecified atom stereocenters.